The standard InChI is InChI=1S/C20H28N2O4/c1-25-19(24)17-15-18(23)22(26-2)20(17)10-13-21(14-11-20)12-6-9-16-7-4-3-5-8-16/h3-5,7-8,17H,6,9-15H2,1-2H3. The Hall–Kier alpha value is -1.92. The van der Waals surface area contributed by atoms with Crippen molar-refractivity contribution >= 4 is 11.9 Å². The second-order valence-electron chi connectivity index (χ2n) is 7.18. The lowest BCUT2D eigenvalue weighted by Gasteiger charge is -2.45. The minimum Gasteiger partial charge on any atom is -0.469 e. The summed E-state index contributed by atoms with van der Waals surface area (Å²) in [5.74, 6) is -0.873. The molecule has 0 radical (unpaired) electrons. The molecule has 142 valence electrons. The molecule has 1 spiro atoms. The Kier molecular flexibility index (Phi) is 5.94. The molecule has 0 bridgehead atoms. The number of hydrogen-bond acceptors (Lipinski definition) is 5. The van der Waals surface area contributed by atoms with Crippen LogP contribution in [0, 0.1) is 5.92 Å². The van der Waals surface area contributed by atoms with Crippen LogP contribution in [0.2, 0.25) is 0 Å². The number of aryl methyl sites for hydroxylation is 1. The van der Waals surface area contributed by atoms with Crippen LogP contribution in [0.1, 0.15) is 31.2 Å². The van der Waals surface area contributed by atoms with E-state index in [0.29, 0.717) is 0 Å². The third-order valence-electron chi connectivity index (χ3n) is 5.83. The van der Waals surface area contributed by atoms with Crippen LogP contribution in [0.15, 0.2) is 30.3 Å². The van der Waals surface area contributed by atoms with Gasteiger partial charge in [-0.1, -0.05) is 30.3 Å². The fourth-order valence-electron chi connectivity index (χ4n) is 4.43. The number of piperidine rings is 1. The largest absolute Gasteiger partial charge is 0.469 e. The molecule has 1 unspecified atom stereocenters. The maximum absolute atomic E-state index is 12.3. The molecule has 0 N–H and O–H groups in total. The van der Waals surface area contributed by atoms with Gasteiger partial charge in [0.15, 0.2) is 0 Å². The van der Waals surface area contributed by atoms with Crippen LogP contribution in [0.3, 0.4) is 0 Å². The van der Waals surface area contributed by atoms with Gasteiger partial charge in [-0.25, -0.2) is 5.06 Å². The number of rotatable bonds is 6. The molecule has 3 rings (SSSR count). The van der Waals surface area contributed by atoms with Crippen LogP contribution in [0.4, 0.5) is 0 Å². The van der Waals surface area contributed by atoms with Crippen LogP contribution < -0.4 is 0 Å². The average Bonchev–Trinajstić information content (AvgIpc) is 2.95. The van der Waals surface area contributed by atoms with Gasteiger partial charge in [-0.3, -0.25) is 14.4 Å². The van der Waals surface area contributed by atoms with Gasteiger partial charge in [0.05, 0.1) is 25.7 Å². The number of esters is 1. The molecule has 0 aromatic heterocycles. The Morgan fingerprint density at radius 1 is 1.19 bits per heavy atom. The maximum Gasteiger partial charge on any atom is 0.311 e. The summed E-state index contributed by atoms with van der Waals surface area (Å²) in [7, 11) is 2.89. The Morgan fingerprint density at radius 2 is 1.88 bits per heavy atom. The highest BCUT2D eigenvalue weighted by atomic mass is 16.7. The van der Waals surface area contributed by atoms with Crippen LogP contribution in [0.25, 0.3) is 0 Å². The van der Waals surface area contributed by atoms with Crippen molar-refractivity contribution in [2.75, 3.05) is 33.9 Å². The maximum atomic E-state index is 12.3. The number of hydroxylamine groups is 2. The Balaban J connectivity index is 1.58. The SMILES string of the molecule is COC(=O)C1CC(=O)N(OC)C12CCN(CCCc1ccccc1)CC2. The first kappa shape index (κ1) is 18.9. The second-order valence-corrected chi connectivity index (χ2v) is 7.18. The number of ether oxygens (including phenoxy) is 1. The quantitative estimate of drug-likeness (QED) is 0.727. The van der Waals surface area contributed by atoms with E-state index >= 15 is 0 Å². The Morgan fingerprint density at radius 3 is 2.50 bits per heavy atom. The molecule has 1 aromatic rings. The monoisotopic (exact) mass is 360 g/mol. The van der Waals surface area contributed by atoms with E-state index in [1.165, 1.54) is 24.8 Å². The number of likely N-dealkylation sites (tertiary alicyclic amines) is 1. The summed E-state index contributed by atoms with van der Waals surface area (Å²) in [6.45, 7) is 2.74. The lowest BCUT2D eigenvalue weighted by Crippen LogP contribution is -2.57. The number of benzene rings is 1. The van der Waals surface area contributed by atoms with Gasteiger partial charge in [-0.05, 0) is 37.8 Å². The lowest BCUT2D eigenvalue weighted by molar-refractivity contribution is -0.210. The number of nitrogens with zero attached hydrogens (tertiary/aromatic N) is 2. The van der Waals surface area contributed by atoms with Gasteiger partial charge in [-0.15, -0.1) is 0 Å². The van der Waals surface area contributed by atoms with Gasteiger partial charge in [0.25, 0.3) is 0 Å². The molecule has 0 aliphatic carbocycles. The molecule has 0 saturated carbocycles. The molecular weight excluding hydrogens is 332 g/mol. The third-order valence-corrected chi connectivity index (χ3v) is 5.83. The Bertz CT molecular complexity index is 624. The van der Waals surface area contributed by atoms with Crippen molar-refractivity contribution in [3.8, 4) is 0 Å². The van der Waals surface area contributed by atoms with E-state index in [0.717, 1.165) is 45.3 Å². The summed E-state index contributed by atoms with van der Waals surface area (Å²) in [6, 6.07) is 10.5. The zero-order chi connectivity index (χ0) is 18.6. The summed E-state index contributed by atoms with van der Waals surface area (Å²) in [5.41, 5.74) is 0.799. The number of methoxy groups -OCH3 is 1. The van der Waals surface area contributed by atoms with Crippen molar-refractivity contribution in [1.29, 1.82) is 0 Å². The zero-order valence-corrected chi connectivity index (χ0v) is 15.6. The van der Waals surface area contributed by atoms with E-state index in [2.05, 4.69) is 29.2 Å². The topological polar surface area (TPSA) is 59.1 Å². The fourth-order valence-corrected chi connectivity index (χ4v) is 4.43. The van der Waals surface area contributed by atoms with E-state index in [4.69, 9.17) is 9.57 Å². The summed E-state index contributed by atoms with van der Waals surface area (Å²) in [4.78, 5) is 32.3. The number of carbonyl (C=O) groups is 2. The molecule has 2 fully saturated rings. The normalized spacial score (nSPS) is 22.8. The third kappa shape index (κ3) is 3.62. The van der Waals surface area contributed by atoms with E-state index < -0.39 is 11.5 Å². The van der Waals surface area contributed by atoms with Crippen molar-refractivity contribution in [2.45, 2.75) is 37.6 Å². The van der Waals surface area contributed by atoms with Crippen LogP contribution in [-0.4, -0.2) is 61.2 Å². The van der Waals surface area contributed by atoms with E-state index in [1.807, 2.05) is 6.07 Å². The van der Waals surface area contributed by atoms with E-state index in [9.17, 15) is 9.59 Å². The fraction of sp³-hybridized carbons (Fsp3) is 0.600. The molecule has 1 aromatic carbocycles. The van der Waals surface area contributed by atoms with Gasteiger partial charge in [0, 0.05) is 19.5 Å². The Labute approximate surface area is 155 Å². The van der Waals surface area contributed by atoms with Crippen LogP contribution in [0.5, 0.6) is 0 Å². The molecule has 26 heavy (non-hydrogen) atoms. The highest BCUT2D eigenvalue weighted by Crippen LogP contribution is 2.44. The van der Waals surface area contributed by atoms with Crippen molar-refractivity contribution in [3.63, 3.8) is 0 Å². The second kappa shape index (κ2) is 8.18. The first-order valence-corrected chi connectivity index (χ1v) is 9.32. The minimum absolute atomic E-state index is 0.125. The summed E-state index contributed by atoms with van der Waals surface area (Å²) >= 11 is 0. The highest BCUT2D eigenvalue weighted by Gasteiger charge is 2.58. The van der Waals surface area contributed by atoms with Crippen molar-refractivity contribution in [3.05, 3.63) is 35.9 Å². The van der Waals surface area contributed by atoms with E-state index in [-0.39, 0.29) is 18.3 Å². The zero-order valence-electron chi connectivity index (χ0n) is 15.6. The van der Waals surface area contributed by atoms with Crippen LogP contribution >= 0.6 is 0 Å². The molecule has 1 amide bonds. The first-order valence-electron chi connectivity index (χ1n) is 9.32. The summed E-state index contributed by atoms with van der Waals surface area (Å²) in [6.07, 6.45) is 3.81. The minimum atomic E-state index is -0.561. The molecule has 2 saturated heterocycles. The first-order chi connectivity index (χ1) is 12.6. The lowest BCUT2D eigenvalue weighted by atomic mass is 9.77. The van der Waals surface area contributed by atoms with Crippen molar-refractivity contribution in [2.24, 2.45) is 5.92 Å². The average molecular weight is 360 g/mol. The van der Waals surface area contributed by atoms with Crippen molar-refractivity contribution in [1.82, 2.24) is 9.96 Å². The number of carbonyl (C=O) groups excluding carboxylic acids is 2. The van der Waals surface area contributed by atoms with Crippen molar-refractivity contribution < 1.29 is 19.2 Å². The molecule has 6 nitrogen and oxygen atoms in total. The molecular formula is C20H28N2O4. The van der Waals surface area contributed by atoms with Gasteiger partial charge in [-0.2, -0.15) is 0 Å². The van der Waals surface area contributed by atoms with Crippen LogP contribution in [-0.2, 0) is 25.6 Å². The summed E-state index contributed by atoms with van der Waals surface area (Å²) in [5, 5.41) is 1.44. The number of amides is 1. The highest BCUT2D eigenvalue weighted by molar-refractivity contribution is 5.88. The predicted molar refractivity (Wildman–Crippen MR) is 97.1 cm³/mol. The molecule has 2 aliphatic rings. The number of hydrogen-bond donors (Lipinski definition) is 0. The van der Waals surface area contributed by atoms with Gasteiger partial charge in [0.1, 0.15) is 0 Å². The molecule has 1 atom stereocenters. The predicted octanol–water partition coefficient (Wildman–Crippen LogP) is 2.04. The van der Waals surface area contributed by atoms with E-state index in [1.54, 1.807) is 0 Å². The smallest absolute Gasteiger partial charge is 0.311 e. The van der Waals surface area contributed by atoms with Gasteiger partial charge in [0.2, 0.25) is 5.91 Å². The molecule has 2 aliphatic heterocycles. The van der Waals surface area contributed by atoms with Gasteiger partial charge >= 0.3 is 5.97 Å². The molecule has 6 heteroatoms. The molecule has 2 heterocycles. The summed E-state index contributed by atoms with van der Waals surface area (Å²) < 4.78 is 4.96. The van der Waals surface area contributed by atoms with Gasteiger partial charge < -0.3 is 9.64 Å².